The van der Waals surface area contributed by atoms with E-state index < -0.39 is 34.1 Å². The summed E-state index contributed by atoms with van der Waals surface area (Å²) in [6.45, 7) is 6.62. The number of hydrogen-bond donors (Lipinski definition) is 4. The molecule has 2 aliphatic carbocycles. The van der Waals surface area contributed by atoms with Crippen LogP contribution in [0.15, 0.2) is 29.8 Å². The van der Waals surface area contributed by atoms with Gasteiger partial charge in [-0.1, -0.05) is 19.9 Å². The van der Waals surface area contributed by atoms with E-state index in [-0.39, 0.29) is 30.0 Å². The lowest BCUT2D eigenvalue weighted by molar-refractivity contribution is -0.0879. The predicted molar refractivity (Wildman–Crippen MR) is 121 cm³/mol. The highest BCUT2D eigenvalue weighted by Crippen LogP contribution is 2.68. The Morgan fingerprint density at radius 2 is 1.94 bits per heavy atom. The van der Waals surface area contributed by atoms with E-state index in [4.69, 9.17) is 21.0 Å². The molecular formula is C24H29F2N5O2. The molecule has 9 heteroatoms. The largest absolute Gasteiger partial charge is 0.374 e. The van der Waals surface area contributed by atoms with Crippen LogP contribution in [0.4, 0.5) is 13.6 Å². The Balaban J connectivity index is 1.67. The first kappa shape index (κ1) is 23.2. The highest BCUT2D eigenvalue weighted by molar-refractivity contribution is 6.15. The van der Waals surface area contributed by atoms with Crippen molar-refractivity contribution in [3.63, 3.8) is 0 Å². The van der Waals surface area contributed by atoms with Crippen LogP contribution in [0, 0.1) is 44.6 Å². The number of nitrogens with one attached hydrogen (secondary N) is 4. The van der Waals surface area contributed by atoms with Gasteiger partial charge in [0.2, 0.25) is 0 Å². The van der Waals surface area contributed by atoms with Gasteiger partial charge < -0.3 is 20.5 Å². The van der Waals surface area contributed by atoms with Gasteiger partial charge in [-0.15, -0.1) is 0 Å². The Labute approximate surface area is 191 Å². The molecule has 2 bridgehead atoms. The van der Waals surface area contributed by atoms with Crippen LogP contribution in [0.2, 0.25) is 0 Å². The van der Waals surface area contributed by atoms with Crippen molar-refractivity contribution in [2.45, 2.75) is 39.7 Å². The lowest BCUT2D eigenvalue weighted by Gasteiger charge is -2.47. The van der Waals surface area contributed by atoms with Crippen LogP contribution in [-0.4, -0.2) is 54.0 Å². The third-order valence-electron chi connectivity index (χ3n) is 7.69. The van der Waals surface area contributed by atoms with Crippen molar-refractivity contribution in [1.82, 2.24) is 10.2 Å². The summed E-state index contributed by atoms with van der Waals surface area (Å²) in [4.78, 5) is 14.1. The molecule has 1 aromatic rings. The van der Waals surface area contributed by atoms with Gasteiger partial charge in [-0.2, -0.15) is 0 Å². The van der Waals surface area contributed by atoms with Crippen molar-refractivity contribution in [1.29, 1.82) is 16.2 Å². The Bertz CT molecular complexity index is 1060. The Morgan fingerprint density at radius 3 is 2.58 bits per heavy atom. The summed E-state index contributed by atoms with van der Waals surface area (Å²) >= 11 is 0. The summed E-state index contributed by atoms with van der Waals surface area (Å²) in [6.07, 6.45) is 2.47. The van der Waals surface area contributed by atoms with Crippen LogP contribution in [0.3, 0.4) is 0 Å². The molecule has 0 unspecified atom stereocenters. The van der Waals surface area contributed by atoms with Crippen molar-refractivity contribution in [3.8, 4) is 0 Å². The molecule has 0 spiro atoms. The van der Waals surface area contributed by atoms with Gasteiger partial charge in [0.15, 0.2) is 0 Å². The summed E-state index contributed by atoms with van der Waals surface area (Å²) in [5, 5.41) is 27.5. The summed E-state index contributed by atoms with van der Waals surface area (Å²) in [7, 11) is 0. The average Bonchev–Trinajstić information content (AvgIpc) is 3.09. The Kier molecular flexibility index (Phi) is 5.72. The van der Waals surface area contributed by atoms with Crippen molar-refractivity contribution in [2.75, 3.05) is 19.7 Å². The molecule has 1 saturated heterocycles. The highest BCUT2D eigenvalue weighted by Gasteiger charge is 2.68. The third-order valence-corrected chi connectivity index (χ3v) is 7.69. The average molecular weight is 458 g/mol. The van der Waals surface area contributed by atoms with E-state index in [0.717, 1.165) is 18.6 Å². The van der Waals surface area contributed by atoms with Gasteiger partial charge in [0.25, 0.3) is 0 Å². The molecule has 1 heterocycles. The SMILES string of the molecule is CC(=N)NC(=O)N1CCO[C@H]([C@@]23CC[C@@H](/C(=C/C(=N)c4c(F)cccc4F)C2=N)C3(C)C)C1. The van der Waals surface area contributed by atoms with Crippen molar-refractivity contribution >= 4 is 23.3 Å². The first-order chi connectivity index (χ1) is 15.5. The number of hydrogen-bond acceptors (Lipinski definition) is 5. The second kappa shape index (κ2) is 8.13. The first-order valence-electron chi connectivity index (χ1n) is 11.1. The molecule has 2 saturated carbocycles. The number of morpholine rings is 1. The van der Waals surface area contributed by atoms with Crippen LogP contribution in [-0.2, 0) is 4.74 Å². The standard InChI is InChI=1S/C24H29F2N5O2/c1-13(27)30-22(32)31-9-10-33-19(12-31)24-8-7-15(23(24,2)3)14(21(24)29)11-18(28)20-16(25)5-4-6-17(20)26/h4-6,11,15,19,28-29H,7-10,12H2,1-3H3,(H2,27,30,32)/b14-11-,28-18?,29-21?/t15-,19-,24-/m0/s1. The number of urea groups is 1. The maximum atomic E-state index is 14.2. The van der Waals surface area contributed by atoms with E-state index in [1.54, 1.807) is 4.90 Å². The van der Waals surface area contributed by atoms with Crippen molar-refractivity contribution in [3.05, 3.63) is 47.0 Å². The van der Waals surface area contributed by atoms with E-state index in [1.165, 1.54) is 19.1 Å². The molecule has 0 aromatic heterocycles. The normalized spacial score (nSPS) is 29.4. The monoisotopic (exact) mass is 457 g/mol. The van der Waals surface area contributed by atoms with Crippen LogP contribution in [0.5, 0.6) is 0 Å². The molecule has 4 rings (SSSR count). The van der Waals surface area contributed by atoms with Gasteiger partial charge in [-0.3, -0.25) is 10.7 Å². The Hall–Kier alpha value is -2.94. The van der Waals surface area contributed by atoms with E-state index in [0.29, 0.717) is 30.9 Å². The van der Waals surface area contributed by atoms with Gasteiger partial charge in [0, 0.05) is 24.2 Å². The number of halogens is 2. The zero-order chi connectivity index (χ0) is 24.1. The van der Waals surface area contributed by atoms with Gasteiger partial charge in [0.05, 0.1) is 29.8 Å². The number of carbonyl (C=O) groups is 1. The van der Waals surface area contributed by atoms with E-state index in [2.05, 4.69) is 19.2 Å². The molecule has 3 aliphatic rings. The zero-order valence-corrected chi connectivity index (χ0v) is 19.0. The van der Waals surface area contributed by atoms with Gasteiger partial charge >= 0.3 is 6.03 Å². The summed E-state index contributed by atoms with van der Waals surface area (Å²) in [5.74, 6) is -1.62. The molecule has 33 heavy (non-hydrogen) atoms. The van der Waals surface area contributed by atoms with E-state index in [9.17, 15) is 13.6 Å². The number of nitrogens with zero attached hydrogens (tertiary/aromatic N) is 1. The molecule has 7 nitrogen and oxygen atoms in total. The number of carbonyl (C=O) groups excluding carboxylic acids is 1. The molecular weight excluding hydrogens is 428 g/mol. The van der Waals surface area contributed by atoms with Gasteiger partial charge in [-0.05, 0) is 54.9 Å². The number of benzene rings is 1. The zero-order valence-electron chi connectivity index (χ0n) is 19.0. The minimum atomic E-state index is -0.806. The topological polar surface area (TPSA) is 113 Å². The molecule has 3 fully saturated rings. The highest BCUT2D eigenvalue weighted by atomic mass is 19.1. The summed E-state index contributed by atoms with van der Waals surface area (Å²) < 4.78 is 34.6. The maximum Gasteiger partial charge on any atom is 0.322 e. The summed E-state index contributed by atoms with van der Waals surface area (Å²) in [5.41, 5.74) is -0.843. The molecule has 0 radical (unpaired) electrons. The van der Waals surface area contributed by atoms with Crippen LogP contribution >= 0.6 is 0 Å². The predicted octanol–water partition coefficient (Wildman–Crippen LogP) is 4.12. The lowest BCUT2D eigenvalue weighted by Crippen LogP contribution is -2.58. The lowest BCUT2D eigenvalue weighted by atomic mass is 9.64. The fourth-order valence-corrected chi connectivity index (χ4v) is 6.05. The van der Waals surface area contributed by atoms with Crippen molar-refractivity contribution < 1.29 is 18.3 Å². The second-order valence-electron chi connectivity index (χ2n) is 9.63. The van der Waals surface area contributed by atoms with E-state index in [1.807, 2.05) is 0 Å². The number of amidine groups is 1. The minimum absolute atomic E-state index is 0.0557. The van der Waals surface area contributed by atoms with Gasteiger partial charge in [0.1, 0.15) is 11.6 Å². The fourth-order valence-electron chi connectivity index (χ4n) is 6.05. The molecule has 176 valence electrons. The second-order valence-corrected chi connectivity index (χ2v) is 9.63. The summed E-state index contributed by atoms with van der Waals surface area (Å²) in [6, 6.07) is 3.13. The molecule has 3 atom stereocenters. The van der Waals surface area contributed by atoms with Crippen LogP contribution < -0.4 is 5.32 Å². The number of rotatable bonds is 3. The third kappa shape index (κ3) is 3.49. The number of amides is 2. The molecule has 4 N–H and O–H groups in total. The van der Waals surface area contributed by atoms with Crippen LogP contribution in [0.1, 0.15) is 39.2 Å². The molecule has 2 amide bonds. The molecule has 1 aromatic carbocycles. The molecule has 1 aliphatic heterocycles. The van der Waals surface area contributed by atoms with Crippen molar-refractivity contribution in [2.24, 2.45) is 16.7 Å². The maximum absolute atomic E-state index is 14.2. The quantitative estimate of drug-likeness (QED) is 0.404. The fraction of sp³-hybridized carbons (Fsp3) is 0.500. The number of allylic oxidation sites excluding steroid dienone is 2. The van der Waals surface area contributed by atoms with Gasteiger partial charge in [-0.25, -0.2) is 13.6 Å². The first-order valence-corrected chi connectivity index (χ1v) is 11.1. The Morgan fingerprint density at radius 1 is 1.27 bits per heavy atom. The smallest absolute Gasteiger partial charge is 0.322 e. The number of ether oxygens (including phenoxy) is 1. The minimum Gasteiger partial charge on any atom is -0.374 e. The number of fused-ring (bicyclic) bond motifs is 2. The van der Waals surface area contributed by atoms with Crippen LogP contribution in [0.25, 0.3) is 0 Å². The van der Waals surface area contributed by atoms with E-state index >= 15 is 0 Å².